The second-order valence-corrected chi connectivity index (χ2v) is 3.34. The number of oxime groups is 1. The summed E-state index contributed by atoms with van der Waals surface area (Å²) >= 11 is 0. The van der Waals surface area contributed by atoms with Crippen molar-refractivity contribution >= 4 is 5.84 Å². The number of aliphatic hydroxyl groups is 1. The van der Waals surface area contributed by atoms with Crippen molar-refractivity contribution in [3.63, 3.8) is 0 Å². The number of unbranched alkanes of at least 4 members (excludes halogenated alkanes) is 1. The van der Waals surface area contributed by atoms with Crippen molar-refractivity contribution in [2.24, 2.45) is 10.9 Å². The summed E-state index contributed by atoms with van der Waals surface area (Å²) < 4.78 is 4.91. The highest BCUT2D eigenvalue weighted by Gasteiger charge is 2.04. The molecular weight excluding hydrogens is 198 g/mol. The van der Waals surface area contributed by atoms with Gasteiger partial charge in [0.2, 0.25) is 0 Å². The molecule has 6 nitrogen and oxygen atoms in total. The number of nitrogens with two attached hydrogens (primary N) is 1. The quantitative estimate of drug-likeness (QED) is 0.138. The first-order chi connectivity index (χ1) is 7.24. The van der Waals surface area contributed by atoms with E-state index in [1.165, 1.54) is 0 Å². The lowest BCUT2D eigenvalue weighted by Gasteiger charge is -2.14. The summed E-state index contributed by atoms with van der Waals surface area (Å²) in [5, 5.41) is 23.2. The van der Waals surface area contributed by atoms with E-state index in [9.17, 15) is 0 Å². The Kier molecular flexibility index (Phi) is 9.15. The van der Waals surface area contributed by atoms with E-state index in [4.69, 9.17) is 20.8 Å². The predicted molar refractivity (Wildman–Crippen MR) is 58.0 cm³/mol. The number of nitrogens with one attached hydrogen (secondary N) is 1. The van der Waals surface area contributed by atoms with Gasteiger partial charge in [-0.3, -0.25) is 0 Å². The Balaban J connectivity index is 3.36. The molecule has 0 aliphatic rings. The summed E-state index contributed by atoms with van der Waals surface area (Å²) in [6.45, 7) is 1.35. The molecule has 0 bridgehead atoms. The van der Waals surface area contributed by atoms with E-state index in [1.807, 2.05) is 0 Å². The fourth-order valence-corrected chi connectivity index (χ4v) is 1.16. The van der Waals surface area contributed by atoms with Gasteiger partial charge in [-0.05, 0) is 19.4 Å². The van der Waals surface area contributed by atoms with Crippen molar-refractivity contribution in [1.82, 2.24) is 5.32 Å². The molecule has 0 radical (unpaired) electrons. The molecule has 0 aliphatic heterocycles. The molecule has 1 unspecified atom stereocenters. The van der Waals surface area contributed by atoms with E-state index < -0.39 is 0 Å². The number of rotatable bonds is 9. The number of aliphatic hydroxyl groups excluding tert-OH is 1. The molecule has 0 saturated heterocycles. The van der Waals surface area contributed by atoms with E-state index in [2.05, 4.69) is 10.5 Å². The summed E-state index contributed by atoms with van der Waals surface area (Å²) in [5.41, 5.74) is 5.31. The van der Waals surface area contributed by atoms with Crippen LogP contribution in [0.1, 0.15) is 19.3 Å². The Labute approximate surface area is 90.1 Å². The third kappa shape index (κ3) is 8.17. The Bertz CT molecular complexity index is 176. The van der Waals surface area contributed by atoms with Gasteiger partial charge in [-0.1, -0.05) is 5.16 Å². The lowest BCUT2D eigenvalue weighted by molar-refractivity contribution is 0.128. The maximum atomic E-state index is 8.93. The number of hydrogen-bond acceptors (Lipinski definition) is 5. The minimum absolute atomic E-state index is 0.0149. The number of ether oxygens (including phenoxy) is 1. The van der Waals surface area contributed by atoms with E-state index in [-0.39, 0.29) is 18.5 Å². The zero-order valence-electron chi connectivity index (χ0n) is 9.15. The van der Waals surface area contributed by atoms with Crippen molar-refractivity contribution in [3.8, 4) is 0 Å². The van der Waals surface area contributed by atoms with Crippen LogP contribution in [0.25, 0.3) is 0 Å². The summed E-state index contributed by atoms with van der Waals surface area (Å²) in [4.78, 5) is 0. The Morgan fingerprint density at radius 3 is 2.80 bits per heavy atom. The van der Waals surface area contributed by atoms with Gasteiger partial charge in [0.05, 0.1) is 19.3 Å². The highest BCUT2D eigenvalue weighted by Crippen LogP contribution is 1.94. The third-order valence-corrected chi connectivity index (χ3v) is 2.01. The van der Waals surface area contributed by atoms with Crippen LogP contribution in [-0.2, 0) is 4.74 Å². The van der Waals surface area contributed by atoms with Crippen LogP contribution in [0.4, 0.5) is 0 Å². The maximum absolute atomic E-state index is 8.93. The van der Waals surface area contributed by atoms with Crippen molar-refractivity contribution in [3.05, 3.63) is 0 Å². The first-order valence-electron chi connectivity index (χ1n) is 5.04. The molecule has 0 aromatic heterocycles. The summed E-state index contributed by atoms with van der Waals surface area (Å²) in [6.07, 6.45) is 2.36. The molecule has 0 fully saturated rings. The number of methoxy groups -OCH3 is 1. The first-order valence-corrected chi connectivity index (χ1v) is 5.04. The average molecular weight is 219 g/mol. The van der Waals surface area contributed by atoms with Crippen molar-refractivity contribution in [2.45, 2.75) is 25.3 Å². The highest BCUT2D eigenvalue weighted by molar-refractivity contribution is 5.79. The van der Waals surface area contributed by atoms with E-state index in [0.717, 1.165) is 19.4 Å². The van der Waals surface area contributed by atoms with Gasteiger partial charge in [0.25, 0.3) is 0 Å². The zero-order chi connectivity index (χ0) is 11.5. The predicted octanol–water partition coefficient (Wildman–Crippen LogP) is -0.500. The van der Waals surface area contributed by atoms with Crippen LogP contribution in [0.2, 0.25) is 0 Å². The number of nitrogens with zero attached hydrogens (tertiary/aromatic N) is 1. The molecule has 15 heavy (non-hydrogen) atoms. The molecule has 0 aliphatic carbocycles. The second-order valence-electron chi connectivity index (χ2n) is 3.34. The standard InChI is InChI=1S/C9H21N3O3/c1-15-7-8(6-13)11-5-3-2-4-9(10)12-14/h8,11,13-14H,2-7H2,1H3,(H2,10,12). The maximum Gasteiger partial charge on any atom is 0.139 e. The van der Waals surface area contributed by atoms with Gasteiger partial charge in [0.15, 0.2) is 0 Å². The normalized spacial score (nSPS) is 14.1. The Morgan fingerprint density at radius 2 is 2.27 bits per heavy atom. The van der Waals surface area contributed by atoms with Crippen LogP contribution in [-0.4, -0.2) is 49.1 Å². The van der Waals surface area contributed by atoms with Crippen molar-refractivity contribution < 1.29 is 15.1 Å². The van der Waals surface area contributed by atoms with E-state index >= 15 is 0 Å². The van der Waals surface area contributed by atoms with Gasteiger partial charge >= 0.3 is 0 Å². The molecule has 0 amide bonds. The summed E-state index contributed by atoms with van der Waals surface area (Å²) in [6, 6.07) is -0.0149. The van der Waals surface area contributed by atoms with Gasteiger partial charge < -0.3 is 26.1 Å². The molecule has 0 rings (SSSR count). The van der Waals surface area contributed by atoms with Crippen LogP contribution in [0, 0.1) is 0 Å². The summed E-state index contributed by atoms with van der Waals surface area (Å²) in [7, 11) is 1.60. The SMILES string of the molecule is COCC(CO)NCCCCC(N)=NO. The van der Waals surface area contributed by atoms with Gasteiger partial charge in [-0.2, -0.15) is 0 Å². The fraction of sp³-hybridized carbons (Fsp3) is 0.889. The van der Waals surface area contributed by atoms with Gasteiger partial charge in [-0.15, -0.1) is 0 Å². The molecule has 6 heteroatoms. The first kappa shape index (κ1) is 14.2. The average Bonchev–Trinajstić information content (AvgIpc) is 2.26. The number of amidine groups is 1. The lowest BCUT2D eigenvalue weighted by atomic mass is 10.2. The third-order valence-electron chi connectivity index (χ3n) is 2.01. The largest absolute Gasteiger partial charge is 0.409 e. The molecule has 0 aromatic carbocycles. The zero-order valence-corrected chi connectivity index (χ0v) is 9.15. The smallest absolute Gasteiger partial charge is 0.139 e. The monoisotopic (exact) mass is 219 g/mol. The van der Waals surface area contributed by atoms with Gasteiger partial charge in [-0.25, -0.2) is 0 Å². The second kappa shape index (κ2) is 9.70. The highest BCUT2D eigenvalue weighted by atomic mass is 16.5. The summed E-state index contributed by atoms with van der Waals surface area (Å²) in [5.74, 6) is 0.255. The lowest BCUT2D eigenvalue weighted by Crippen LogP contribution is -2.37. The molecule has 1 atom stereocenters. The molecule has 0 spiro atoms. The molecule has 90 valence electrons. The minimum Gasteiger partial charge on any atom is -0.409 e. The van der Waals surface area contributed by atoms with Crippen LogP contribution in [0.15, 0.2) is 5.16 Å². The Hall–Kier alpha value is -0.850. The minimum atomic E-state index is -0.0149. The molecule has 0 heterocycles. The molecule has 5 N–H and O–H groups in total. The van der Waals surface area contributed by atoms with E-state index in [0.29, 0.717) is 13.0 Å². The van der Waals surface area contributed by atoms with Gasteiger partial charge in [0.1, 0.15) is 5.84 Å². The van der Waals surface area contributed by atoms with Crippen molar-refractivity contribution in [1.29, 1.82) is 0 Å². The van der Waals surface area contributed by atoms with Crippen LogP contribution in [0.3, 0.4) is 0 Å². The molecule has 0 aromatic rings. The fourth-order valence-electron chi connectivity index (χ4n) is 1.16. The van der Waals surface area contributed by atoms with Crippen LogP contribution < -0.4 is 11.1 Å². The molecule has 0 saturated carbocycles. The van der Waals surface area contributed by atoms with Crippen LogP contribution >= 0.6 is 0 Å². The van der Waals surface area contributed by atoms with Crippen LogP contribution in [0.5, 0.6) is 0 Å². The number of hydrogen-bond donors (Lipinski definition) is 4. The van der Waals surface area contributed by atoms with Gasteiger partial charge in [0, 0.05) is 13.5 Å². The Morgan fingerprint density at radius 1 is 1.53 bits per heavy atom. The molecular formula is C9H21N3O3. The topological polar surface area (TPSA) is 100 Å². The van der Waals surface area contributed by atoms with Crippen molar-refractivity contribution in [2.75, 3.05) is 26.9 Å². The van der Waals surface area contributed by atoms with E-state index in [1.54, 1.807) is 7.11 Å².